The number of aromatic nitrogens is 3. The Kier molecular flexibility index (Phi) is 6.04. The maximum absolute atomic E-state index is 12.4. The number of hydrogen-bond donors (Lipinski definition) is 1. The number of nitriles is 1. The van der Waals surface area contributed by atoms with Crippen molar-refractivity contribution in [3.05, 3.63) is 67.8 Å². The summed E-state index contributed by atoms with van der Waals surface area (Å²) in [6.45, 7) is 3.58. The van der Waals surface area contributed by atoms with E-state index in [4.69, 9.17) is 5.26 Å². The van der Waals surface area contributed by atoms with Crippen molar-refractivity contribution in [2.45, 2.75) is 33.4 Å². The lowest BCUT2D eigenvalue weighted by Gasteiger charge is -2.09. The highest BCUT2D eigenvalue weighted by molar-refractivity contribution is 7.14. The standard InChI is InChI=1S/C20H19N5O3S/c1-3-13-5-7-14(8-6-13)16-12-29-19(22-16)23-17(26)11-25-18(27)15(9-21)10-24(4-2)20(25)28/h5-8,10,12H,3-4,11H2,1-2H3,(H,22,23,26). The lowest BCUT2D eigenvalue weighted by Crippen LogP contribution is -2.43. The van der Waals surface area contributed by atoms with Crippen LogP contribution in [0.15, 0.2) is 45.4 Å². The van der Waals surface area contributed by atoms with Gasteiger partial charge in [0.2, 0.25) is 5.91 Å². The number of rotatable bonds is 6. The van der Waals surface area contributed by atoms with E-state index < -0.39 is 23.7 Å². The van der Waals surface area contributed by atoms with Gasteiger partial charge >= 0.3 is 5.69 Å². The lowest BCUT2D eigenvalue weighted by molar-refractivity contribution is -0.116. The molecule has 0 spiro atoms. The molecular formula is C20H19N5O3S. The van der Waals surface area contributed by atoms with Crippen LogP contribution in [0.3, 0.4) is 0 Å². The third-order valence-corrected chi connectivity index (χ3v) is 5.17. The monoisotopic (exact) mass is 409 g/mol. The Morgan fingerprint density at radius 1 is 1.24 bits per heavy atom. The zero-order valence-electron chi connectivity index (χ0n) is 16.0. The highest BCUT2D eigenvalue weighted by Crippen LogP contribution is 2.25. The van der Waals surface area contributed by atoms with Gasteiger partial charge in [0, 0.05) is 23.7 Å². The van der Waals surface area contributed by atoms with Crippen LogP contribution in [0.2, 0.25) is 0 Å². The Hall–Kier alpha value is -3.51. The number of carbonyl (C=O) groups is 1. The van der Waals surface area contributed by atoms with Gasteiger partial charge in [0.25, 0.3) is 5.56 Å². The summed E-state index contributed by atoms with van der Waals surface area (Å²) in [6.07, 6.45) is 2.15. The van der Waals surface area contributed by atoms with Crippen LogP contribution in [-0.2, 0) is 24.3 Å². The zero-order valence-corrected chi connectivity index (χ0v) is 16.8. The van der Waals surface area contributed by atoms with E-state index in [0.717, 1.165) is 22.2 Å². The molecule has 1 N–H and O–H groups in total. The minimum Gasteiger partial charge on any atom is -0.300 e. The van der Waals surface area contributed by atoms with Gasteiger partial charge in [-0.2, -0.15) is 5.26 Å². The van der Waals surface area contributed by atoms with Crippen LogP contribution in [-0.4, -0.2) is 20.0 Å². The predicted molar refractivity (Wildman–Crippen MR) is 111 cm³/mol. The molecule has 8 nitrogen and oxygen atoms in total. The molecule has 0 saturated carbocycles. The Balaban J connectivity index is 1.79. The van der Waals surface area contributed by atoms with Crippen molar-refractivity contribution >= 4 is 22.4 Å². The van der Waals surface area contributed by atoms with E-state index in [2.05, 4.69) is 17.2 Å². The number of nitrogens with one attached hydrogen (secondary N) is 1. The fourth-order valence-electron chi connectivity index (χ4n) is 2.77. The molecule has 0 aliphatic heterocycles. The van der Waals surface area contributed by atoms with Crippen LogP contribution < -0.4 is 16.6 Å². The van der Waals surface area contributed by atoms with E-state index in [1.807, 2.05) is 29.6 Å². The number of amides is 1. The third-order valence-electron chi connectivity index (χ3n) is 4.41. The summed E-state index contributed by atoms with van der Waals surface area (Å²) in [7, 11) is 0. The quantitative estimate of drug-likeness (QED) is 0.671. The molecule has 0 fully saturated rings. The van der Waals surface area contributed by atoms with Gasteiger partial charge in [-0.25, -0.2) is 14.3 Å². The molecule has 2 heterocycles. The van der Waals surface area contributed by atoms with Crippen molar-refractivity contribution in [1.29, 1.82) is 5.26 Å². The molecule has 3 rings (SSSR count). The van der Waals surface area contributed by atoms with E-state index in [1.165, 1.54) is 27.7 Å². The summed E-state index contributed by atoms with van der Waals surface area (Å²) in [5, 5.41) is 13.9. The van der Waals surface area contributed by atoms with Crippen molar-refractivity contribution in [1.82, 2.24) is 14.1 Å². The molecule has 148 valence electrons. The fraction of sp³-hybridized carbons (Fsp3) is 0.250. The molecule has 0 atom stereocenters. The van der Waals surface area contributed by atoms with Crippen LogP contribution >= 0.6 is 11.3 Å². The number of hydrogen-bond acceptors (Lipinski definition) is 6. The number of carbonyl (C=O) groups excluding carboxylic acids is 1. The second-order valence-corrected chi connectivity index (χ2v) is 7.11. The summed E-state index contributed by atoms with van der Waals surface area (Å²) in [5.41, 5.74) is 1.27. The first-order valence-corrected chi connectivity index (χ1v) is 9.93. The van der Waals surface area contributed by atoms with E-state index >= 15 is 0 Å². The topological polar surface area (TPSA) is 110 Å². The van der Waals surface area contributed by atoms with Gasteiger partial charge in [0.1, 0.15) is 18.2 Å². The van der Waals surface area contributed by atoms with Gasteiger partial charge in [-0.3, -0.25) is 14.2 Å². The van der Waals surface area contributed by atoms with Crippen molar-refractivity contribution < 1.29 is 4.79 Å². The Labute approximate surface area is 170 Å². The molecule has 1 aromatic carbocycles. The second-order valence-electron chi connectivity index (χ2n) is 6.25. The number of nitrogens with zero attached hydrogens (tertiary/aromatic N) is 4. The van der Waals surface area contributed by atoms with E-state index in [9.17, 15) is 14.4 Å². The van der Waals surface area contributed by atoms with Crippen molar-refractivity contribution in [3.63, 3.8) is 0 Å². The summed E-state index contributed by atoms with van der Waals surface area (Å²) in [4.78, 5) is 41.4. The highest BCUT2D eigenvalue weighted by atomic mass is 32.1. The smallest absolute Gasteiger partial charge is 0.300 e. The average molecular weight is 409 g/mol. The molecule has 3 aromatic rings. The molecule has 0 bridgehead atoms. The van der Waals surface area contributed by atoms with Gasteiger partial charge in [0.15, 0.2) is 5.13 Å². The number of aryl methyl sites for hydroxylation is 2. The summed E-state index contributed by atoms with van der Waals surface area (Å²) in [5.74, 6) is -0.566. The third kappa shape index (κ3) is 4.33. The minimum absolute atomic E-state index is 0.189. The zero-order chi connectivity index (χ0) is 21.0. The minimum atomic E-state index is -0.784. The maximum atomic E-state index is 12.4. The molecule has 0 saturated heterocycles. The first-order valence-electron chi connectivity index (χ1n) is 9.05. The fourth-order valence-corrected chi connectivity index (χ4v) is 3.51. The molecule has 0 radical (unpaired) electrons. The van der Waals surface area contributed by atoms with Gasteiger partial charge in [-0.05, 0) is 18.9 Å². The van der Waals surface area contributed by atoms with Crippen LogP contribution in [0.5, 0.6) is 0 Å². The second kappa shape index (κ2) is 8.67. The van der Waals surface area contributed by atoms with E-state index in [-0.39, 0.29) is 12.1 Å². The van der Waals surface area contributed by atoms with E-state index in [1.54, 1.807) is 13.0 Å². The molecule has 0 aliphatic rings. The van der Waals surface area contributed by atoms with Crippen molar-refractivity contribution in [2.75, 3.05) is 5.32 Å². The van der Waals surface area contributed by atoms with Crippen molar-refractivity contribution in [2.24, 2.45) is 0 Å². The summed E-state index contributed by atoms with van der Waals surface area (Å²) in [6, 6.07) is 9.75. The summed E-state index contributed by atoms with van der Waals surface area (Å²) >= 11 is 1.25. The number of benzene rings is 1. The molecular weight excluding hydrogens is 390 g/mol. The van der Waals surface area contributed by atoms with Crippen molar-refractivity contribution in [3.8, 4) is 17.3 Å². The van der Waals surface area contributed by atoms with Gasteiger partial charge in [-0.15, -0.1) is 11.3 Å². The molecule has 9 heteroatoms. The maximum Gasteiger partial charge on any atom is 0.331 e. The largest absolute Gasteiger partial charge is 0.331 e. The van der Waals surface area contributed by atoms with Gasteiger partial charge in [-0.1, -0.05) is 31.2 Å². The number of anilines is 1. The van der Waals surface area contributed by atoms with Crippen LogP contribution in [0.1, 0.15) is 25.0 Å². The lowest BCUT2D eigenvalue weighted by atomic mass is 10.1. The molecule has 1 amide bonds. The first-order chi connectivity index (χ1) is 14.0. The average Bonchev–Trinajstić information content (AvgIpc) is 3.19. The first kappa shape index (κ1) is 20.2. The van der Waals surface area contributed by atoms with Gasteiger partial charge in [0.05, 0.1) is 5.69 Å². The predicted octanol–water partition coefficient (Wildman–Crippen LogP) is 2.23. The molecule has 29 heavy (non-hydrogen) atoms. The molecule has 0 aliphatic carbocycles. The SMILES string of the molecule is CCc1ccc(-c2csc(NC(=O)Cn3c(=O)c(C#N)cn(CC)c3=O)n2)cc1. The van der Waals surface area contributed by atoms with Gasteiger partial charge < -0.3 is 5.32 Å². The molecule has 0 unspecified atom stereocenters. The normalized spacial score (nSPS) is 10.5. The number of thiazole rings is 1. The Morgan fingerprint density at radius 2 is 1.97 bits per heavy atom. The Bertz CT molecular complexity index is 1200. The Morgan fingerprint density at radius 3 is 2.59 bits per heavy atom. The van der Waals surface area contributed by atoms with Crippen LogP contribution in [0, 0.1) is 11.3 Å². The highest BCUT2D eigenvalue weighted by Gasteiger charge is 2.15. The van der Waals surface area contributed by atoms with Crippen LogP contribution in [0.4, 0.5) is 5.13 Å². The summed E-state index contributed by atoms with van der Waals surface area (Å²) < 4.78 is 1.98. The van der Waals surface area contributed by atoms with Crippen LogP contribution in [0.25, 0.3) is 11.3 Å². The molecule has 2 aromatic heterocycles. The van der Waals surface area contributed by atoms with E-state index in [0.29, 0.717) is 5.13 Å².